The Hall–Kier alpha value is -1.80. The molecule has 2 atom stereocenters. The predicted molar refractivity (Wildman–Crippen MR) is 103 cm³/mol. The molecule has 0 spiro atoms. The van der Waals surface area contributed by atoms with Gasteiger partial charge < -0.3 is 10.1 Å². The molecule has 1 N–H and O–H groups in total. The van der Waals surface area contributed by atoms with Crippen molar-refractivity contribution in [2.24, 2.45) is 5.92 Å². The van der Waals surface area contributed by atoms with E-state index >= 15 is 0 Å². The highest BCUT2D eigenvalue weighted by molar-refractivity contribution is 5.33. The average Bonchev–Trinajstić information content (AvgIpc) is 3.56. The van der Waals surface area contributed by atoms with Gasteiger partial charge in [0.25, 0.3) is 0 Å². The van der Waals surface area contributed by atoms with Gasteiger partial charge in [0.15, 0.2) is 0 Å². The Morgan fingerprint density at radius 1 is 0.960 bits per heavy atom. The number of nitrogens with one attached hydrogen (secondary N) is 1. The molecule has 0 heterocycles. The van der Waals surface area contributed by atoms with Gasteiger partial charge >= 0.3 is 0 Å². The van der Waals surface area contributed by atoms with E-state index in [0.717, 1.165) is 24.7 Å². The second-order valence-electron chi connectivity index (χ2n) is 7.64. The summed E-state index contributed by atoms with van der Waals surface area (Å²) in [5.41, 5.74) is 2.78. The lowest BCUT2D eigenvalue weighted by Crippen LogP contribution is -2.19. The Morgan fingerprint density at radius 2 is 1.76 bits per heavy atom. The lowest BCUT2D eigenvalue weighted by molar-refractivity contribution is 0.322. The standard InChI is InChI=1S/C23H29NO/c1-2-5-18(6-3-1)14-16-25-21-12-10-20(11-13-21)22-17-23(22)24-15-4-7-19-8-9-19/h1-3,5-6,10-13,19,22-24H,4,7-9,14-17H2/t22?,23-/m0/s1. The van der Waals surface area contributed by atoms with Crippen LogP contribution in [0.25, 0.3) is 0 Å². The quantitative estimate of drug-likeness (QED) is 0.621. The topological polar surface area (TPSA) is 21.3 Å². The van der Waals surface area contributed by atoms with Gasteiger partial charge in [0, 0.05) is 18.4 Å². The van der Waals surface area contributed by atoms with E-state index in [1.54, 1.807) is 0 Å². The molecule has 2 aliphatic rings. The van der Waals surface area contributed by atoms with Gasteiger partial charge in [0.05, 0.1) is 6.61 Å². The maximum Gasteiger partial charge on any atom is 0.119 e. The van der Waals surface area contributed by atoms with Gasteiger partial charge in [-0.15, -0.1) is 0 Å². The van der Waals surface area contributed by atoms with Crippen LogP contribution in [0, 0.1) is 5.92 Å². The van der Waals surface area contributed by atoms with E-state index in [2.05, 4.69) is 59.9 Å². The molecule has 132 valence electrons. The molecule has 2 fully saturated rings. The first-order valence-corrected chi connectivity index (χ1v) is 9.88. The smallest absolute Gasteiger partial charge is 0.119 e. The van der Waals surface area contributed by atoms with Crippen LogP contribution in [-0.4, -0.2) is 19.2 Å². The first-order valence-electron chi connectivity index (χ1n) is 9.88. The molecule has 2 aromatic rings. The third-order valence-electron chi connectivity index (χ3n) is 5.49. The van der Waals surface area contributed by atoms with Crippen molar-refractivity contribution in [3.8, 4) is 5.75 Å². The van der Waals surface area contributed by atoms with Gasteiger partial charge in [-0.25, -0.2) is 0 Å². The van der Waals surface area contributed by atoms with Crippen molar-refractivity contribution < 1.29 is 4.74 Å². The van der Waals surface area contributed by atoms with Crippen molar-refractivity contribution in [3.63, 3.8) is 0 Å². The summed E-state index contributed by atoms with van der Waals surface area (Å²) < 4.78 is 5.88. The van der Waals surface area contributed by atoms with Crippen LogP contribution in [-0.2, 0) is 6.42 Å². The average molecular weight is 335 g/mol. The molecule has 2 aliphatic carbocycles. The maximum atomic E-state index is 5.88. The highest BCUT2D eigenvalue weighted by atomic mass is 16.5. The molecular weight excluding hydrogens is 306 g/mol. The molecule has 25 heavy (non-hydrogen) atoms. The molecule has 0 saturated heterocycles. The number of rotatable bonds is 10. The van der Waals surface area contributed by atoms with Gasteiger partial charge in [0.2, 0.25) is 0 Å². The zero-order chi connectivity index (χ0) is 16.9. The Labute approximate surface area is 151 Å². The van der Waals surface area contributed by atoms with E-state index in [4.69, 9.17) is 4.74 Å². The van der Waals surface area contributed by atoms with E-state index in [1.165, 1.54) is 49.8 Å². The molecule has 1 unspecified atom stereocenters. The summed E-state index contributed by atoms with van der Waals surface area (Å²) in [7, 11) is 0. The van der Waals surface area contributed by atoms with E-state index in [0.29, 0.717) is 12.0 Å². The van der Waals surface area contributed by atoms with E-state index in [-0.39, 0.29) is 0 Å². The first-order chi connectivity index (χ1) is 12.4. The van der Waals surface area contributed by atoms with Crippen LogP contribution in [0.15, 0.2) is 54.6 Å². The van der Waals surface area contributed by atoms with Crippen LogP contribution in [0.1, 0.15) is 49.1 Å². The molecule has 0 bridgehead atoms. The van der Waals surface area contributed by atoms with Crippen molar-refractivity contribution in [2.45, 2.75) is 50.5 Å². The van der Waals surface area contributed by atoms with Gasteiger partial charge in [-0.3, -0.25) is 0 Å². The van der Waals surface area contributed by atoms with Gasteiger partial charge in [0.1, 0.15) is 5.75 Å². The summed E-state index contributed by atoms with van der Waals surface area (Å²) in [6, 6.07) is 20.0. The zero-order valence-electron chi connectivity index (χ0n) is 15.0. The van der Waals surface area contributed by atoms with Crippen LogP contribution in [0.2, 0.25) is 0 Å². The van der Waals surface area contributed by atoms with Gasteiger partial charge in [-0.1, -0.05) is 55.3 Å². The lowest BCUT2D eigenvalue weighted by Gasteiger charge is -2.08. The highest BCUT2D eigenvalue weighted by Crippen LogP contribution is 2.41. The fourth-order valence-corrected chi connectivity index (χ4v) is 3.62. The third kappa shape index (κ3) is 5.09. The largest absolute Gasteiger partial charge is 0.493 e. The molecule has 2 heteroatoms. The fourth-order valence-electron chi connectivity index (χ4n) is 3.62. The molecule has 2 aromatic carbocycles. The van der Waals surface area contributed by atoms with Crippen molar-refractivity contribution >= 4 is 0 Å². The van der Waals surface area contributed by atoms with Crippen LogP contribution in [0.4, 0.5) is 0 Å². The fraction of sp³-hybridized carbons (Fsp3) is 0.478. The normalized spacial score (nSPS) is 21.9. The number of ether oxygens (including phenoxy) is 1. The third-order valence-corrected chi connectivity index (χ3v) is 5.49. The molecular formula is C23H29NO. The summed E-state index contributed by atoms with van der Waals surface area (Å²) in [6.45, 7) is 1.93. The molecule has 2 saturated carbocycles. The number of hydrogen-bond acceptors (Lipinski definition) is 2. The monoisotopic (exact) mass is 335 g/mol. The minimum Gasteiger partial charge on any atom is -0.493 e. The Balaban J connectivity index is 1.16. The number of benzene rings is 2. The zero-order valence-corrected chi connectivity index (χ0v) is 15.0. The summed E-state index contributed by atoms with van der Waals surface area (Å²) in [5.74, 6) is 2.75. The Kier molecular flexibility index (Phi) is 5.37. The maximum absolute atomic E-state index is 5.88. The molecule has 0 radical (unpaired) electrons. The van der Waals surface area contributed by atoms with E-state index in [1.807, 2.05) is 0 Å². The van der Waals surface area contributed by atoms with Gasteiger partial charge in [-0.2, -0.15) is 0 Å². The van der Waals surface area contributed by atoms with Crippen molar-refractivity contribution in [1.82, 2.24) is 5.32 Å². The molecule has 0 aliphatic heterocycles. The van der Waals surface area contributed by atoms with Crippen molar-refractivity contribution in [1.29, 1.82) is 0 Å². The van der Waals surface area contributed by atoms with Crippen molar-refractivity contribution in [2.75, 3.05) is 13.2 Å². The molecule has 0 aromatic heterocycles. The summed E-state index contributed by atoms with van der Waals surface area (Å²) in [6.07, 6.45) is 7.98. The molecule has 2 nitrogen and oxygen atoms in total. The van der Waals surface area contributed by atoms with Crippen LogP contribution >= 0.6 is 0 Å². The second-order valence-corrected chi connectivity index (χ2v) is 7.64. The van der Waals surface area contributed by atoms with Crippen molar-refractivity contribution in [3.05, 3.63) is 65.7 Å². The van der Waals surface area contributed by atoms with Crippen LogP contribution in [0.3, 0.4) is 0 Å². The minimum atomic E-state index is 0.698. The molecule has 4 rings (SSSR count). The lowest BCUT2D eigenvalue weighted by atomic mass is 10.1. The minimum absolute atomic E-state index is 0.698. The second kappa shape index (κ2) is 8.05. The summed E-state index contributed by atoms with van der Waals surface area (Å²) in [5, 5.41) is 3.72. The summed E-state index contributed by atoms with van der Waals surface area (Å²) in [4.78, 5) is 0. The highest BCUT2D eigenvalue weighted by Gasteiger charge is 2.37. The predicted octanol–water partition coefficient (Wildman–Crippen LogP) is 4.94. The van der Waals surface area contributed by atoms with E-state index in [9.17, 15) is 0 Å². The first kappa shape index (κ1) is 16.7. The number of hydrogen-bond donors (Lipinski definition) is 1. The van der Waals surface area contributed by atoms with Crippen LogP contribution < -0.4 is 10.1 Å². The summed E-state index contributed by atoms with van der Waals surface area (Å²) >= 11 is 0. The Bertz CT molecular complexity index is 648. The van der Waals surface area contributed by atoms with Gasteiger partial charge in [-0.05, 0) is 55.0 Å². The SMILES string of the molecule is c1ccc(CCOc2ccc(C3C[C@@H]3NCCCC3CC3)cc2)cc1. The molecule has 0 amide bonds. The Morgan fingerprint density at radius 3 is 2.52 bits per heavy atom. The van der Waals surface area contributed by atoms with Crippen LogP contribution in [0.5, 0.6) is 5.75 Å². The van der Waals surface area contributed by atoms with E-state index < -0.39 is 0 Å².